The van der Waals surface area contributed by atoms with E-state index in [1.54, 1.807) is 35.2 Å². The molecule has 0 aromatic heterocycles. The van der Waals surface area contributed by atoms with Gasteiger partial charge in [0, 0.05) is 47.8 Å². The molecule has 3 amide bonds. The molecule has 1 aliphatic heterocycles. The molecule has 0 unspecified atom stereocenters. The predicted octanol–water partition coefficient (Wildman–Crippen LogP) is 5.28. The second-order valence-corrected chi connectivity index (χ2v) is 9.42. The third kappa shape index (κ3) is 6.76. The molecule has 7 heteroatoms. The molecule has 1 aliphatic rings. The zero-order valence-electron chi connectivity index (χ0n) is 21.4. The number of amides is 3. The Balaban J connectivity index is 1.30. The Hall–Kier alpha value is -4.13. The molecule has 2 N–H and O–H groups in total. The molecular weight excluding hydrogens is 464 g/mol. The lowest BCUT2D eigenvalue weighted by atomic mass is 9.98. The zero-order chi connectivity index (χ0) is 26.2. The van der Waals surface area contributed by atoms with Crippen molar-refractivity contribution in [3.8, 4) is 0 Å². The Bertz CT molecular complexity index is 1220. The van der Waals surface area contributed by atoms with Crippen LogP contribution < -0.4 is 15.5 Å². The lowest BCUT2D eigenvalue weighted by Crippen LogP contribution is -2.37. The molecule has 37 heavy (non-hydrogen) atoms. The van der Waals surface area contributed by atoms with Crippen LogP contribution >= 0.6 is 0 Å². The molecular formula is C30H34N4O3. The first kappa shape index (κ1) is 25.9. The molecule has 7 nitrogen and oxygen atoms in total. The van der Waals surface area contributed by atoms with Gasteiger partial charge >= 0.3 is 0 Å². The number of carbonyl (C=O) groups excluding carboxylic acids is 3. The lowest BCUT2D eigenvalue weighted by molar-refractivity contribution is -0.114. The number of benzene rings is 3. The van der Waals surface area contributed by atoms with Gasteiger partial charge in [0.15, 0.2) is 0 Å². The summed E-state index contributed by atoms with van der Waals surface area (Å²) in [7, 11) is 0. The van der Waals surface area contributed by atoms with E-state index < -0.39 is 0 Å². The first-order valence-corrected chi connectivity index (χ1v) is 12.8. The van der Waals surface area contributed by atoms with Crippen LogP contribution in [-0.2, 0) is 4.79 Å². The van der Waals surface area contributed by atoms with E-state index in [1.165, 1.54) is 0 Å². The summed E-state index contributed by atoms with van der Waals surface area (Å²) in [4.78, 5) is 41.9. The molecule has 1 saturated heterocycles. The lowest BCUT2D eigenvalue weighted by Gasteiger charge is -2.30. The second kappa shape index (κ2) is 12.2. The van der Waals surface area contributed by atoms with Crippen LogP contribution in [0.1, 0.15) is 47.4 Å². The molecule has 0 spiro atoms. The Labute approximate surface area is 218 Å². The molecule has 4 rings (SSSR count). The van der Waals surface area contributed by atoms with E-state index in [4.69, 9.17) is 0 Å². The second-order valence-electron chi connectivity index (χ2n) is 9.42. The summed E-state index contributed by atoms with van der Waals surface area (Å²) < 4.78 is 0. The number of rotatable bonds is 8. The summed E-state index contributed by atoms with van der Waals surface area (Å²) in [5.74, 6) is 0.373. The predicted molar refractivity (Wildman–Crippen MR) is 148 cm³/mol. The maximum atomic E-state index is 13.0. The third-order valence-corrected chi connectivity index (χ3v) is 6.68. The molecule has 0 bridgehead atoms. The van der Waals surface area contributed by atoms with Crippen LogP contribution in [0.3, 0.4) is 0 Å². The van der Waals surface area contributed by atoms with Gasteiger partial charge in [-0.1, -0.05) is 31.2 Å². The summed E-state index contributed by atoms with van der Waals surface area (Å²) >= 11 is 0. The van der Waals surface area contributed by atoms with E-state index in [0.717, 1.165) is 31.6 Å². The Morgan fingerprint density at radius 1 is 0.865 bits per heavy atom. The van der Waals surface area contributed by atoms with Crippen LogP contribution in [0.5, 0.6) is 0 Å². The molecule has 0 saturated carbocycles. The van der Waals surface area contributed by atoms with Gasteiger partial charge in [-0.2, -0.15) is 0 Å². The van der Waals surface area contributed by atoms with Gasteiger partial charge in [-0.15, -0.1) is 0 Å². The average Bonchev–Trinajstić information content (AvgIpc) is 2.93. The average molecular weight is 499 g/mol. The standard InChI is InChI=1S/C30H34N4O3/c1-3-34(27-10-5-4-6-11-27)30(37)23-12-14-25(15-13-23)32-28(35)21-31-26-9-7-8-24(20-26)29(36)33-18-16-22(2)17-19-33/h4-15,20,22,31H,3,16-19,21H2,1-2H3,(H,32,35). The van der Waals surface area contributed by atoms with E-state index in [-0.39, 0.29) is 24.3 Å². The normalized spacial score (nSPS) is 13.6. The summed E-state index contributed by atoms with van der Waals surface area (Å²) in [6.07, 6.45) is 2.06. The molecule has 0 atom stereocenters. The Kier molecular flexibility index (Phi) is 8.56. The maximum absolute atomic E-state index is 13.0. The van der Waals surface area contributed by atoms with Crippen molar-refractivity contribution in [3.05, 3.63) is 90.0 Å². The number of piperidine rings is 1. The van der Waals surface area contributed by atoms with Crippen LogP contribution in [0.2, 0.25) is 0 Å². The van der Waals surface area contributed by atoms with E-state index in [9.17, 15) is 14.4 Å². The number of carbonyl (C=O) groups is 3. The van der Waals surface area contributed by atoms with Gasteiger partial charge in [-0.3, -0.25) is 14.4 Å². The van der Waals surface area contributed by atoms with Crippen molar-refractivity contribution in [2.75, 3.05) is 41.7 Å². The van der Waals surface area contributed by atoms with Crippen molar-refractivity contribution in [1.82, 2.24) is 4.90 Å². The monoisotopic (exact) mass is 498 g/mol. The molecule has 0 radical (unpaired) electrons. The van der Waals surface area contributed by atoms with Gasteiger partial charge in [0.05, 0.1) is 6.54 Å². The highest BCUT2D eigenvalue weighted by Crippen LogP contribution is 2.20. The number of nitrogens with zero attached hydrogens (tertiary/aromatic N) is 2. The minimum Gasteiger partial charge on any atom is -0.376 e. The summed E-state index contributed by atoms with van der Waals surface area (Å²) in [6, 6.07) is 23.7. The van der Waals surface area contributed by atoms with Crippen molar-refractivity contribution in [3.63, 3.8) is 0 Å². The number of para-hydroxylation sites is 1. The fraction of sp³-hybridized carbons (Fsp3) is 0.300. The highest BCUT2D eigenvalue weighted by atomic mass is 16.2. The SMILES string of the molecule is CCN(C(=O)c1ccc(NC(=O)CNc2cccc(C(=O)N3CCC(C)CC3)c2)cc1)c1ccccc1. The molecule has 3 aromatic carbocycles. The number of hydrogen-bond donors (Lipinski definition) is 2. The number of nitrogens with one attached hydrogen (secondary N) is 2. The minimum absolute atomic E-state index is 0.0311. The Morgan fingerprint density at radius 2 is 1.57 bits per heavy atom. The van der Waals surface area contributed by atoms with Gasteiger partial charge in [-0.25, -0.2) is 0 Å². The fourth-order valence-electron chi connectivity index (χ4n) is 4.45. The summed E-state index contributed by atoms with van der Waals surface area (Å²) in [6.45, 7) is 6.33. The molecule has 192 valence electrons. The van der Waals surface area contributed by atoms with Gasteiger partial charge < -0.3 is 20.4 Å². The van der Waals surface area contributed by atoms with Gasteiger partial charge in [0.25, 0.3) is 11.8 Å². The van der Waals surface area contributed by atoms with Crippen LogP contribution in [-0.4, -0.2) is 48.8 Å². The largest absolute Gasteiger partial charge is 0.376 e. The van der Waals surface area contributed by atoms with Crippen molar-refractivity contribution < 1.29 is 14.4 Å². The van der Waals surface area contributed by atoms with E-state index >= 15 is 0 Å². The van der Waals surface area contributed by atoms with Crippen molar-refractivity contribution in [1.29, 1.82) is 0 Å². The molecule has 1 fully saturated rings. The molecule has 3 aromatic rings. The minimum atomic E-state index is -0.222. The first-order valence-electron chi connectivity index (χ1n) is 12.8. The molecule has 1 heterocycles. The quantitative estimate of drug-likeness (QED) is 0.443. The topological polar surface area (TPSA) is 81.8 Å². The van der Waals surface area contributed by atoms with Crippen LogP contribution in [0, 0.1) is 5.92 Å². The first-order chi connectivity index (χ1) is 17.9. The summed E-state index contributed by atoms with van der Waals surface area (Å²) in [5, 5.41) is 5.94. The number of hydrogen-bond acceptors (Lipinski definition) is 4. The summed E-state index contributed by atoms with van der Waals surface area (Å²) in [5.41, 5.74) is 3.33. The van der Waals surface area contributed by atoms with Crippen molar-refractivity contribution in [2.45, 2.75) is 26.7 Å². The third-order valence-electron chi connectivity index (χ3n) is 6.68. The van der Waals surface area contributed by atoms with Crippen molar-refractivity contribution >= 4 is 34.8 Å². The van der Waals surface area contributed by atoms with Crippen LogP contribution in [0.15, 0.2) is 78.9 Å². The van der Waals surface area contributed by atoms with Gasteiger partial charge in [0.2, 0.25) is 5.91 Å². The highest BCUT2D eigenvalue weighted by Gasteiger charge is 2.21. The van der Waals surface area contributed by atoms with E-state index in [1.807, 2.05) is 60.4 Å². The maximum Gasteiger partial charge on any atom is 0.258 e. The van der Waals surface area contributed by atoms with Gasteiger partial charge in [-0.05, 0) is 80.3 Å². The van der Waals surface area contributed by atoms with E-state index in [0.29, 0.717) is 35.0 Å². The molecule has 0 aliphatic carbocycles. The number of likely N-dealkylation sites (tertiary alicyclic amines) is 1. The Morgan fingerprint density at radius 3 is 2.24 bits per heavy atom. The van der Waals surface area contributed by atoms with Crippen LogP contribution in [0.4, 0.5) is 17.1 Å². The highest BCUT2D eigenvalue weighted by molar-refractivity contribution is 6.06. The van der Waals surface area contributed by atoms with Crippen LogP contribution in [0.25, 0.3) is 0 Å². The number of anilines is 3. The van der Waals surface area contributed by atoms with Crippen molar-refractivity contribution in [2.24, 2.45) is 5.92 Å². The zero-order valence-corrected chi connectivity index (χ0v) is 21.4. The smallest absolute Gasteiger partial charge is 0.258 e. The van der Waals surface area contributed by atoms with Gasteiger partial charge in [0.1, 0.15) is 0 Å². The van der Waals surface area contributed by atoms with E-state index in [2.05, 4.69) is 17.6 Å². The fourth-order valence-corrected chi connectivity index (χ4v) is 4.45.